The second-order valence-electron chi connectivity index (χ2n) is 7.04. The molecular weight excluding hydrogens is 340 g/mol. The Morgan fingerprint density at radius 3 is 2.41 bits per heavy atom. The van der Waals surface area contributed by atoms with Crippen molar-refractivity contribution in [1.82, 2.24) is 10.2 Å². The second kappa shape index (κ2) is 8.80. The zero-order chi connectivity index (χ0) is 19.2. The Morgan fingerprint density at radius 2 is 1.78 bits per heavy atom. The van der Waals surface area contributed by atoms with Gasteiger partial charge in [-0.1, -0.05) is 36.4 Å². The molecule has 1 saturated carbocycles. The van der Waals surface area contributed by atoms with E-state index in [4.69, 9.17) is 9.47 Å². The van der Waals surface area contributed by atoms with E-state index in [2.05, 4.69) is 24.4 Å². The van der Waals surface area contributed by atoms with Crippen LogP contribution in [0.3, 0.4) is 0 Å². The molecule has 2 aromatic carbocycles. The van der Waals surface area contributed by atoms with Gasteiger partial charge in [0.25, 0.3) is 0 Å². The third-order valence-electron chi connectivity index (χ3n) is 5.14. The van der Waals surface area contributed by atoms with Crippen molar-refractivity contribution in [3.05, 3.63) is 59.7 Å². The molecular formula is C22H28N2O3. The first kappa shape index (κ1) is 19.1. The molecule has 1 unspecified atom stereocenters. The lowest BCUT2D eigenvalue weighted by molar-refractivity contribution is 0.167. The first-order chi connectivity index (χ1) is 13.1. The predicted octanol–water partition coefficient (Wildman–Crippen LogP) is 4.21. The average molecular weight is 368 g/mol. The topological polar surface area (TPSA) is 50.8 Å². The molecule has 2 amide bonds. The molecule has 3 rings (SSSR count). The molecule has 0 aliphatic heterocycles. The highest BCUT2D eigenvalue weighted by molar-refractivity contribution is 5.74. The second-order valence-corrected chi connectivity index (χ2v) is 7.04. The molecule has 27 heavy (non-hydrogen) atoms. The largest absolute Gasteiger partial charge is 0.493 e. The van der Waals surface area contributed by atoms with E-state index in [0.29, 0.717) is 30.5 Å². The zero-order valence-corrected chi connectivity index (χ0v) is 16.3. The summed E-state index contributed by atoms with van der Waals surface area (Å²) in [6, 6.07) is 16.0. The van der Waals surface area contributed by atoms with Crippen LogP contribution in [0.25, 0.3) is 0 Å². The fourth-order valence-corrected chi connectivity index (χ4v) is 3.28. The molecule has 0 spiro atoms. The van der Waals surface area contributed by atoms with E-state index in [1.807, 2.05) is 41.3 Å². The predicted molar refractivity (Wildman–Crippen MR) is 106 cm³/mol. The summed E-state index contributed by atoms with van der Waals surface area (Å²) in [6.45, 7) is 3.22. The van der Waals surface area contributed by atoms with Crippen LogP contribution in [0, 0.1) is 5.92 Å². The maximum Gasteiger partial charge on any atom is 0.318 e. The first-order valence-corrected chi connectivity index (χ1v) is 9.41. The number of carbonyl (C=O) groups excluding carboxylic acids is 1. The number of amides is 2. The van der Waals surface area contributed by atoms with E-state index < -0.39 is 0 Å². The molecule has 5 heteroatoms. The molecule has 1 N–H and O–H groups in total. The molecule has 144 valence electrons. The molecule has 1 atom stereocenters. The Bertz CT molecular complexity index is 759. The number of hydrogen-bond donors (Lipinski definition) is 1. The number of nitrogens with zero attached hydrogens (tertiary/aromatic N) is 1. The van der Waals surface area contributed by atoms with Crippen LogP contribution < -0.4 is 14.8 Å². The maximum atomic E-state index is 12.9. The number of rotatable bonds is 8. The van der Waals surface area contributed by atoms with Gasteiger partial charge in [0.1, 0.15) is 0 Å². The van der Waals surface area contributed by atoms with Gasteiger partial charge in [0.05, 0.1) is 14.2 Å². The number of hydrogen-bond acceptors (Lipinski definition) is 3. The summed E-state index contributed by atoms with van der Waals surface area (Å²) in [7, 11) is 3.22. The van der Waals surface area contributed by atoms with Crippen molar-refractivity contribution < 1.29 is 14.3 Å². The molecule has 2 aromatic rings. The number of methoxy groups -OCH3 is 2. The molecule has 0 aromatic heterocycles. The minimum atomic E-state index is -0.0342. The third-order valence-corrected chi connectivity index (χ3v) is 5.14. The molecule has 1 fully saturated rings. The van der Waals surface area contributed by atoms with Crippen LogP contribution in [-0.2, 0) is 13.1 Å². The number of benzene rings is 2. The van der Waals surface area contributed by atoms with Gasteiger partial charge < -0.3 is 19.7 Å². The quantitative estimate of drug-likeness (QED) is 0.759. The summed E-state index contributed by atoms with van der Waals surface area (Å²) in [6.07, 6.45) is 2.41. The summed E-state index contributed by atoms with van der Waals surface area (Å²) in [5, 5.41) is 3.06. The molecule has 0 heterocycles. The molecule has 1 aliphatic carbocycles. The number of carbonyl (C=O) groups is 1. The highest BCUT2D eigenvalue weighted by Gasteiger charge is 2.34. The normalized spacial score (nSPS) is 14.3. The van der Waals surface area contributed by atoms with Crippen molar-refractivity contribution in [3.8, 4) is 11.5 Å². The van der Waals surface area contributed by atoms with Gasteiger partial charge in [0, 0.05) is 19.1 Å². The van der Waals surface area contributed by atoms with Gasteiger partial charge >= 0.3 is 6.03 Å². The highest BCUT2D eigenvalue weighted by atomic mass is 16.5. The monoisotopic (exact) mass is 368 g/mol. The van der Waals surface area contributed by atoms with Gasteiger partial charge in [-0.2, -0.15) is 0 Å². The van der Waals surface area contributed by atoms with E-state index >= 15 is 0 Å². The van der Waals surface area contributed by atoms with E-state index in [0.717, 1.165) is 11.1 Å². The van der Waals surface area contributed by atoms with Gasteiger partial charge in [-0.05, 0) is 48.9 Å². The Morgan fingerprint density at radius 1 is 1.07 bits per heavy atom. The summed E-state index contributed by atoms with van der Waals surface area (Å²) in [5.41, 5.74) is 2.12. The Kier molecular flexibility index (Phi) is 6.22. The fraction of sp³-hybridized carbons (Fsp3) is 0.409. The van der Waals surface area contributed by atoms with Crippen molar-refractivity contribution in [2.75, 3.05) is 14.2 Å². The minimum Gasteiger partial charge on any atom is -0.493 e. The van der Waals surface area contributed by atoms with E-state index in [-0.39, 0.29) is 12.1 Å². The van der Waals surface area contributed by atoms with E-state index in [1.54, 1.807) is 14.2 Å². The lowest BCUT2D eigenvalue weighted by Crippen LogP contribution is -2.45. The van der Waals surface area contributed by atoms with Crippen LogP contribution >= 0.6 is 0 Å². The fourth-order valence-electron chi connectivity index (χ4n) is 3.28. The highest BCUT2D eigenvalue weighted by Crippen LogP contribution is 2.35. The summed E-state index contributed by atoms with van der Waals surface area (Å²) < 4.78 is 10.6. The van der Waals surface area contributed by atoms with Crippen LogP contribution in [0.2, 0.25) is 0 Å². The lowest BCUT2D eigenvalue weighted by Gasteiger charge is -2.30. The summed E-state index contributed by atoms with van der Waals surface area (Å²) >= 11 is 0. The van der Waals surface area contributed by atoms with Crippen LogP contribution in [0.5, 0.6) is 11.5 Å². The van der Waals surface area contributed by atoms with Crippen molar-refractivity contribution in [2.45, 2.75) is 38.9 Å². The van der Waals surface area contributed by atoms with Crippen LogP contribution in [0.1, 0.15) is 30.9 Å². The maximum absolute atomic E-state index is 12.9. The van der Waals surface area contributed by atoms with Crippen LogP contribution in [-0.4, -0.2) is 31.2 Å². The SMILES string of the molecule is COc1ccc(CNC(=O)N(Cc2ccccc2)C(C)C2CC2)cc1OC. The van der Waals surface area contributed by atoms with Crippen molar-refractivity contribution in [1.29, 1.82) is 0 Å². The Balaban J connectivity index is 1.67. The van der Waals surface area contributed by atoms with Gasteiger partial charge in [0.15, 0.2) is 11.5 Å². The minimum absolute atomic E-state index is 0.0342. The van der Waals surface area contributed by atoms with Gasteiger partial charge in [-0.3, -0.25) is 0 Å². The van der Waals surface area contributed by atoms with E-state index in [9.17, 15) is 4.79 Å². The molecule has 1 aliphatic rings. The smallest absolute Gasteiger partial charge is 0.318 e. The molecule has 0 saturated heterocycles. The number of ether oxygens (including phenoxy) is 2. The zero-order valence-electron chi connectivity index (χ0n) is 16.3. The van der Waals surface area contributed by atoms with Crippen molar-refractivity contribution in [2.24, 2.45) is 5.92 Å². The number of urea groups is 1. The molecule has 5 nitrogen and oxygen atoms in total. The first-order valence-electron chi connectivity index (χ1n) is 9.41. The molecule has 0 radical (unpaired) electrons. The summed E-state index contributed by atoms with van der Waals surface area (Å²) in [5.74, 6) is 1.96. The summed E-state index contributed by atoms with van der Waals surface area (Å²) in [4.78, 5) is 14.9. The molecule has 0 bridgehead atoms. The average Bonchev–Trinajstić information content (AvgIpc) is 3.55. The number of nitrogens with one attached hydrogen (secondary N) is 1. The van der Waals surface area contributed by atoms with Crippen molar-refractivity contribution >= 4 is 6.03 Å². The van der Waals surface area contributed by atoms with Gasteiger partial charge in [-0.15, -0.1) is 0 Å². The van der Waals surface area contributed by atoms with E-state index in [1.165, 1.54) is 12.8 Å². The van der Waals surface area contributed by atoms with Gasteiger partial charge in [-0.25, -0.2) is 4.79 Å². The lowest BCUT2D eigenvalue weighted by atomic mass is 10.1. The van der Waals surface area contributed by atoms with Crippen LogP contribution in [0.4, 0.5) is 4.79 Å². The third kappa shape index (κ3) is 4.94. The van der Waals surface area contributed by atoms with Crippen molar-refractivity contribution in [3.63, 3.8) is 0 Å². The Labute approximate surface area is 161 Å². The van der Waals surface area contributed by atoms with Gasteiger partial charge in [0.2, 0.25) is 0 Å². The standard InChI is InChI=1S/C22H28N2O3/c1-16(19-10-11-19)24(15-17-7-5-4-6-8-17)22(25)23-14-18-9-12-20(26-2)21(13-18)27-3/h4-9,12-13,16,19H,10-11,14-15H2,1-3H3,(H,23,25). The Hall–Kier alpha value is -2.69. The van der Waals surface area contributed by atoms with Crippen LogP contribution in [0.15, 0.2) is 48.5 Å².